The first kappa shape index (κ1) is 14.4. The molecule has 1 heterocycles. The molecular weight excluding hydrogens is 254 g/mol. The lowest BCUT2D eigenvalue weighted by Crippen LogP contribution is -2.03. The van der Waals surface area contributed by atoms with Crippen LogP contribution in [0.3, 0.4) is 0 Å². The highest BCUT2D eigenvalue weighted by molar-refractivity contribution is 5.44. The third-order valence-electron chi connectivity index (χ3n) is 3.23. The fraction of sp³-hybridized carbons (Fsp3) is 0.400. The Labute approximate surface area is 119 Å². The summed E-state index contributed by atoms with van der Waals surface area (Å²) in [7, 11) is 3.28. The van der Waals surface area contributed by atoms with Gasteiger partial charge < -0.3 is 15.2 Å². The Kier molecular flexibility index (Phi) is 4.29. The topological polar surface area (TPSA) is 62.3 Å². The Balaban J connectivity index is 2.54. The molecule has 0 aliphatic carbocycles. The second kappa shape index (κ2) is 5.96. The van der Waals surface area contributed by atoms with Crippen LogP contribution < -0.4 is 15.2 Å². The number of nitrogens with two attached hydrogens (primary N) is 1. The number of rotatable bonds is 5. The minimum atomic E-state index is 0.293. The Morgan fingerprint density at radius 3 is 2.25 bits per heavy atom. The number of aromatic nitrogens is 2. The van der Waals surface area contributed by atoms with Crippen molar-refractivity contribution in [2.45, 2.75) is 26.3 Å². The summed E-state index contributed by atoms with van der Waals surface area (Å²) in [6.07, 6.45) is 0. The molecule has 0 bridgehead atoms. The molecule has 0 aliphatic rings. The van der Waals surface area contributed by atoms with Crippen molar-refractivity contribution in [2.75, 3.05) is 14.2 Å². The summed E-state index contributed by atoms with van der Waals surface area (Å²) >= 11 is 0. The van der Waals surface area contributed by atoms with Gasteiger partial charge in [-0.25, -0.2) is 4.68 Å². The first-order valence-corrected chi connectivity index (χ1v) is 6.62. The zero-order chi connectivity index (χ0) is 14.7. The van der Waals surface area contributed by atoms with E-state index in [1.807, 2.05) is 24.3 Å². The summed E-state index contributed by atoms with van der Waals surface area (Å²) in [5.41, 5.74) is 8.70. The molecule has 0 saturated carbocycles. The highest BCUT2D eigenvalue weighted by Crippen LogP contribution is 2.30. The summed E-state index contributed by atoms with van der Waals surface area (Å²) in [6.45, 7) is 4.60. The van der Waals surface area contributed by atoms with E-state index in [1.54, 1.807) is 18.9 Å². The van der Waals surface area contributed by atoms with Gasteiger partial charge in [0.2, 0.25) is 5.88 Å². The van der Waals surface area contributed by atoms with Gasteiger partial charge in [-0.15, -0.1) is 0 Å². The Hall–Kier alpha value is -2.01. The number of methoxy groups -OCH3 is 2. The van der Waals surface area contributed by atoms with Gasteiger partial charge in [-0.05, 0) is 30.2 Å². The van der Waals surface area contributed by atoms with Crippen LogP contribution in [-0.4, -0.2) is 24.0 Å². The molecule has 5 heteroatoms. The lowest BCUT2D eigenvalue weighted by atomic mass is 10.1. The van der Waals surface area contributed by atoms with Gasteiger partial charge >= 0.3 is 0 Å². The number of benzene rings is 1. The number of nitrogens with zero attached hydrogens (tertiary/aromatic N) is 2. The summed E-state index contributed by atoms with van der Waals surface area (Å²) in [5, 5.41) is 4.65. The van der Waals surface area contributed by atoms with Crippen LogP contribution in [0.2, 0.25) is 0 Å². The van der Waals surface area contributed by atoms with E-state index in [-0.39, 0.29) is 0 Å². The molecule has 108 valence electrons. The largest absolute Gasteiger partial charge is 0.497 e. The van der Waals surface area contributed by atoms with Crippen LogP contribution in [0.25, 0.3) is 5.69 Å². The summed E-state index contributed by atoms with van der Waals surface area (Å²) in [4.78, 5) is 0. The summed E-state index contributed by atoms with van der Waals surface area (Å²) in [5.74, 6) is 1.80. The average Bonchev–Trinajstić information content (AvgIpc) is 2.86. The van der Waals surface area contributed by atoms with Crippen molar-refractivity contribution in [3.63, 3.8) is 0 Å². The van der Waals surface area contributed by atoms with Crippen molar-refractivity contribution in [1.29, 1.82) is 0 Å². The van der Waals surface area contributed by atoms with Crippen LogP contribution >= 0.6 is 0 Å². The van der Waals surface area contributed by atoms with E-state index < -0.39 is 0 Å². The first-order chi connectivity index (χ1) is 9.62. The van der Waals surface area contributed by atoms with Crippen LogP contribution in [0.4, 0.5) is 0 Å². The molecule has 1 aromatic heterocycles. The third-order valence-corrected chi connectivity index (χ3v) is 3.23. The van der Waals surface area contributed by atoms with Gasteiger partial charge in [0.1, 0.15) is 5.75 Å². The summed E-state index contributed by atoms with van der Waals surface area (Å²) < 4.78 is 12.5. The molecule has 5 nitrogen and oxygen atoms in total. The zero-order valence-electron chi connectivity index (χ0n) is 12.4. The third kappa shape index (κ3) is 2.49. The maximum absolute atomic E-state index is 5.85. The predicted molar refractivity (Wildman–Crippen MR) is 78.6 cm³/mol. The van der Waals surface area contributed by atoms with Gasteiger partial charge in [0.25, 0.3) is 0 Å². The fourth-order valence-corrected chi connectivity index (χ4v) is 2.21. The van der Waals surface area contributed by atoms with Crippen molar-refractivity contribution < 1.29 is 9.47 Å². The number of ether oxygens (including phenoxy) is 2. The van der Waals surface area contributed by atoms with Crippen molar-refractivity contribution in [3.05, 3.63) is 35.5 Å². The van der Waals surface area contributed by atoms with Crippen molar-refractivity contribution in [3.8, 4) is 17.3 Å². The first-order valence-electron chi connectivity index (χ1n) is 6.62. The van der Waals surface area contributed by atoms with E-state index in [1.165, 1.54) is 0 Å². The van der Waals surface area contributed by atoms with Crippen molar-refractivity contribution >= 4 is 0 Å². The quantitative estimate of drug-likeness (QED) is 0.910. The second-order valence-corrected chi connectivity index (χ2v) is 4.84. The van der Waals surface area contributed by atoms with Gasteiger partial charge in [-0.1, -0.05) is 13.8 Å². The van der Waals surface area contributed by atoms with Crippen molar-refractivity contribution in [1.82, 2.24) is 9.78 Å². The van der Waals surface area contributed by atoms with Gasteiger partial charge in [-0.3, -0.25) is 0 Å². The molecule has 2 N–H and O–H groups in total. The van der Waals surface area contributed by atoms with E-state index in [0.717, 1.165) is 22.7 Å². The van der Waals surface area contributed by atoms with E-state index in [9.17, 15) is 0 Å². The van der Waals surface area contributed by atoms with Gasteiger partial charge in [0.15, 0.2) is 0 Å². The molecule has 0 unspecified atom stereocenters. The molecule has 0 saturated heterocycles. The van der Waals surface area contributed by atoms with Gasteiger partial charge in [0, 0.05) is 6.54 Å². The maximum atomic E-state index is 5.85. The minimum absolute atomic E-state index is 0.293. The lowest BCUT2D eigenvalue weighted by Gasteiger charge is -2.08. The molecule has 2 aromatic rings. The normalized spacial score (nSPS) is 10.9. The molecule has 0 aliphatic heterocycles. The highest BCUT2D eigenvalue weighted by atomic mass is 16.5. The lowest BCUT2D eigenvalue weighted by molar-refractivity contribution is 0.379. The van der Waals surface area contributed by atoms with Gasteiger partial charge in [-0.2, -0.15) is 5.10 Å². The Morgan fingerprint density at radius 2 is 1.80 bits per heavy atom. The maximum Gasteiger partial charge on any atom is 0.221 e. The molecule has 0 radical (unpaired) electrons. The van der Waals surface area contributed by atoms with Crippen LogP contribution in [0.15, 0.2) is 24.3 Å². The Bertz CT molecular complexity index is 574. The zero-order valence-corrected chi connectivity index (χ0v) is 12.4. The highest BCUT2D eigenvalue weighted by Gasteiger charge is 2.20. The SMILES string of the molecule is COc1ccc(-n2nc(C(C)C)c(CN)c2OC)cc1. The average molecular weight is 275 g/mol. The van der Waals surface area contributed by atoms with Crippen molar-refractivity contribution in [2.24, 2.45) is 5.73 Å². The smallest absolute Gasteiger partial charge is 0.221 e. The molecule has 0 fully saturated rings. The number of hydrogen-bond acceptors (Lipinski definition) is 4. The van der Waals surface area contributed by atoms with E-state index in [4.69, 9.17) is 15.2 Å². The molecule has 20 heavy (non-hydrogen) atoms. The predicted octanol–water partition coefficient (Wildman–Crippen LogP) is 2.47. The van der Waals surface area contributed by atoms with E-state index in [0.29, 0.717) is 18.3 Å². The fourth-order valence-electron chi connectivity index (χ4n) is 2.21. The van der Waals surface area contributed by atoms with E-state index >= 15 is 0 Å². The molecule has 0 amide bonds. The van der Waals surface area contributed by atoms with Crippen LogP contribution in [0.5, 0.6) is 11.6 Å². The standard InChI is InChI=1S/C15H21N3O2/c1-10(2)14-13(9-16)15(20-4)18(17-14)11-5-7-12(19-3)8-6-11/h5-8,10H,9,16H2,1-4H3. The number of hydrogen-bond donors (Lipinski definition) is 1. The van der Waals surface area contributed by atoms with E-state index in [2.05, 4.69) is 18.9 Å². The monoisotopic (exact) mass is 275 g/mol. The second-order valence-electron chi connectivity index (χ2n) is 4.84. The van der Waals surface area contributed by atoms with Gasteiger partial charge in [0.05, 0.1) is 31.2 Å². The van der Waals surface area contributed by atoms with Crippen LogP contribution in [0.1, 0.15) is 31.0 Å². The molecular formula is C15H21N3O2. The summed E-state index contributed by atoms with van der Waals surface area (Å²) in [6, 6.07) is 7.68. The molecule has 2 rings (SSSR count). The Morgan fingerprint density at radius 1 is 1.15 bits per heavy atom. The molecule has 0 atom stereocenters. The van der Waals surface area contributed by atoms with Crippen LogP contribution in [-0.2, 0) is 6.54 Å². The minimum Gasteiger partial charge on any atom is -0.497 e. The molecule has 0 spiro atoms. The van der Waals surface area contributed by atoms with Crippen LogP contribution in [0, 0.1) is 0 Å². The molecule has 1 aromatic carbocycles.